The van der Waals surface area contributed by atoms with Crippen LogP contribution < -0.4 is 0 Å². The lowest BCUT2D eigenvalue weighted by Gasteiger charge is -2.18. The molecule has 2 aromatic rings. The Hall–Kier alpha value is -2.80. The summed E-state index contributed by atoms with van der Waals surface area (Å²) in [5.41, 5.74) is -1.64. The van der Waals surface area contributed by atoms with Crippen molar-refractivity contribution in [3.63, 3.8) is 0 Å². The van der Waals surface area contributed by atoms with Crippen molar-refractivity contribution in [1.82, 2.24) is 14.7 Å². The first-order valence-corrected chi connectivity index (χ1v) is 10.0. The zero-order chi connectivity index (χ0) is 23.6. The molecule has 2 rings (SSSR count). The second kappa shape index (κ2) is 12.2. The van der Waals surface area contributed by atoms with E-state index in [0.29, 0.717) is 6.61 Å². The van der Waals surface area contributed by atoms with Gasteiger partial charge < -0.3 is 30.1 Å². The van der Waals surface area contributed by atoms with Gasteiger partial charge in [-0.3, -0.25) is 14.3 Å². The lowest BCUT2D eigenvalue weighted by atomic mass is 9.96. The molecule has 0 aliphatic heterocycles. The summed E-state index contributed by atoms with van der Waals surface area (Å²) in [6.45, 7) is 1.63. The molecule has 0 aliphatic rings. The Morgan fingerprint density at radius 2 is 1.81 bits per heavy atom. The summed E-state index contributed by atoms with van der Waals surface area (Å²) in [6, 6.07) is 6.18. The smallest absolute Gasteiger partial charge is 0.336 e. The molecule has 0 bridgehead atoms. The van der Waals surface area contributed by atoms with Crippen molar-refractivity contribution in [2.45, 2.75) is 24.5 Å². The summed E-state index contributed by atoms with van der Waals surface area (Å²) < 4.78 is 7.91. The van der Waals surface area contributed by atoms with Crippen LogP contribution in [0, 0.1) is 0 Å². The molecule has 0 radical (unpaired) electrons. The van der Waals surface area contributed by atoms with Crippen molar-refractivity contribution in [3.8, 4) is 0 Å². The predicted molar refractivity (Wildman–Crippen MR) is 111 cm³/mol. The second-order valence-corrected chi connectivity index (χ2v) is 7.91. The summed E-state index contributed by atoms with van der Waals surface area (Å²) in [5, 5.41) is 40.1. The number of hydrogen-bond acceptors (Lipinski definition) is 8. The molecule has 4 N–H and O–H groups in total. The highest BCUT2D eigenvalue weighted by Crippen LogP contribution is 2.28. The Morgan fingerprint density at radius 3 is 2.19 bits per heavy atom. The molecular formula is C19H27N3O8S. The lowest BCUT2D eigenvalue weighted by Crippen LogP contribution is -2.42. The van der Waals surface area contributed by atoms with Gasteiger partial charge in [-0.25, -0.2) is 4.79 Å². The molecule has 0 saturated heterocycles. The minimum absolute atomic E-state index is 0.0163. The number of aliphatic carboxylic acids is 3. The maximum Gasteiger partial charge on any atom is 0.336 e. The van der Waals surface area contributed by atoms with Crippen LogP contribution in [0.25, 0.3) is 0 Å². The standard InChI is InChI=1S/C13H19N3OS.C6H8O7/c1-15(2)8-9-17-13(12-5-4-10-18-12)11-6-7-14-16(11)3;7-3(8)1-6(13,5(11)12)2-4(9)10/h4-7,10,13H,8-9H2,1-3H3;13H,1-2H2,(H,7,8)(H,9,10)(H,11,12)/t13-;/m0./s1. The molecule has 2 aromatic heterocycles. The third kappa shape index (κ3) is 8.84. The highest BCUT2D eigenvalue weighted by molar-refractivity contribution is 7.10. The third-order valence-electron chi connectivity index (χ3n) is 4.04. The molecule has 0 aromatic carbocycles. The molecule has 0 saturated carbocycles. The van der Waals surface area contributed by atoms with Gasteiger partial charge in [-0.2, -0.15) is 5.10 Å². The maximum atomic E-state index is 10.3. The van der Waals surface area contributed by atoms with E-state index in [2.05, 4.69) is 27.5 Å². The van der Waals surface area contributed by atoms with Gasteiger partial charge in [-0.1, -0.05) is 6.07 Å². The fourth-order valence-electron chi connectivity index (χ4n) is 2.46. The number of rotatable bonds is 11. The first kappa shape index (κ1) is 26.2. The van der Waals surface area contributed by atoms with Gasteiger partial charge >= 0.3 is 17.9 Å². The monoisotopic (exact) mass is 457 g/mol. The first-order chi connectivity index (χ1) is 14.5. The number of carbonyl (C=O) groups is 3. The Bertz CT molecular complexity index is 834. The van der Waals surface area contributed by atoms with Crippen molar-refractivity contribution >= 4 is 29.2 Å². The molecule has 0 amide bonds. The molecule has 0 spiro atoms. The van der Waals surface area contributed by atoms with Crippen molar-refractivity contribution in [2.24, 2.45) is 7.05 Å². The van der Waals surface area contributed by atoms with E-state index >= 15 is 0 Å². The predicted octanol–water partition coefficient (Wildman–Crippen LogP) is 0.901. The Morgan fingerprint density at radius 1 is 1.19 bits per heavy atom. The van der Waals surface area contributed by atoms with Gasteiger partial charge in [0.05, 0.1) is 25.1 Å². The molecule has 0 fully saturated rings. The molecule has 172 valence electrons. The Kier molecular flexibility index (Phi) is 10.3. The number of ether oxygens (including phenoxy) is 1. The minimum Gasteiger partial charge on any atom is -0.481 e. The van der Waals surface area contributed by atoms with E-state index in [-0.39, 0.29) is 6.10 Å². The van der Waals surface area contributed by atoms with E-state index in [1.807, 2.05) is 38.1 Å². The topological polar surface area (TPSA) is 162 Å². The van der Waals surface area contributed by atoms with Crippen LogP contribution >= 0.6 is 11.3 Å². The van der Waals surface area contributed by atoms with E-state index < -0.39 is 36.4 Å². The largest absolute Gasteiger partial charge is 0.481 e. The number of thiophene rings is 1. The van der Waals surface area contributed by atoms with Crippen molar-refractivity contribution < 1.29 is 39.5 Å². The summed E-state index contributed by atoms with van der Waals surface area (Å²) in [5.74, 6) is -5.02. The first-order valence-electron chi connectivity index (χ1n) is 9.13. The number of aromatic nitrogens is 2. The van der Waals surface area contributed by atoms with E-state index in [1.54, 1.807) is 11.3 Å². The van der Waals surface area contributed by atoms with Gasteiger partial charge in [0.1, 0.15) is 6.10 Å². The van der Waals surface area contributed by atoms with Gasteiger partial charge in [-0.15, -0.1) is 11.3 Å². The zero-order valence-corrected chi connectivity index (χ0v) is 18.3. The van der Waals surface area contributed by atoms with Crippen molar-refractivity contribution in [3.05, 3.63) is 40.3 Å². The van der Waals surface area contributed by atoms with Crippen LogP contribution in [0.4, 0.5) is 0 Å². The van der Waals surface area contributed by atoms with Crippen molar-refractivity contribution in [1.29, 1.82) is 0 Å². The summed E-state index contributed by atoms with van der Waals surface area (Å²) in [4.78, 5) is 33.8. The third-order valence-corrected chi connectivity index (χ3v) is 4.95. The average Bonchev–Trinajstić information content (AvgIpc) is 3.29. The second-order valence-electron chi connectivity index (χ2n) is 6.93. The molecule has 1 atom stereocenters. The normalized spacial score (nSPS) is 12.2. The van der Waals surface area contributed by atoms with Gasteiger partial charge in [0.25, 0.3) is 0 Å². The Labute approximate surface area is 183 Å². The van der Waals surface area contributed by atoms with Crippen molar-refractivity contribution in [2.75, 3.05) is 27.2 Å². The number of carboxylic acid groups (broad SMARTS) is 3. The molecule has 12 heteroatoms. The molecular weight excluding hydrogens is 430 g/mol. The van der Waals surface area contributed by atoms with Gasteiger partial charge in [0.15, 0.2) is 5.60 Å². The maximum absolute atomic E-state index is 10.3. The number of aliphatic hydroxyl groups is 1. The molecule has 0 aliphatic carbocycles. The molecule has 0 unspecified atom stereocenters. The minimum atomic E-state index is -2.74. The van der Waals surface area contributed by atoms with Crippen LogP contribution in [0.2, 0.25) is 0 Å². The zero-order valence-electron chi connectivity index (χ0n) is 17.5. The number of carboxylic acids is 3. The van der Waals surface area contributed by atoms with E-state index in [0.717, 1.165) is 12.2 Å². The van der Waals surface area contributed by atoms with Crippen LogP contribution in [0.3, 0.4) is 0 Å². The lowest BCUT2D eigenvalue weighted by molar-refractivity contribution is -0.170. The van der Waals surface area contributed by atoms with Gasteiger partial charge in [-0.05, 0) is 31.6 Å². The summed E-state index contributed by atoms with van der Waals surface area (Å²) in [6.07, 6.45) is -0.494. The number of likely N-dealkylation sites (N-methyl/N-ethyl adjacent to an activating group) is 1. The van der Waals surface area contributed by atoms with Crippen LogP contribution in [-0.4, -0.2) is 85.9 Å². The molecule has 2 heterocycles. The van der Waals surface area contributed by atoms with E-state index in [1.165, 1.54) is 4.88 Å². The SMILES string of the molecule is CN(C)CCO[C@H](c1cccs1)c1ccnn1C.O=C(O)CC(O)(CC(=O)O)C(=O)O. The summed E-state index contributed by atoms with van der Waals surface area (Å²) in [7, 11) is 6.05. The van der Waals surface area contributed by atoms with Gasteiger partial charge in [0, 0.05) is 24.7 Å². The highest BCUT2D eigenvalue weighted by Gasteiger charge is 2.40. The van der Waals surface area contributed by atoms with E-state index in [9.17, 15) is 14.4 Å². The number of nitrogens with zero attached hydrogens (tertiary/aromatic N) is 3. The molecule has 11 nitrogen and oxygen atoms in total. The van der Waals surface area contributed by atoms with Crippen LogP contribution in [0.5, 0.6) is 0 Å². The van der Waals surface area contributed by atoms with Crippen LogP contribution in [-0.2, 0) is 26.2 Å². The van der Waals surface area contributed by atoms with Crippen LogP contribution in [0.15, 0.2) is 29.8 Å². The fraction of sp³-hybridized carbons (Fsp3) is 0.474. The quantitative estimate of drug-likeness (QED) is 0.381. The number of hydrogen-bond donors (Lipinski definition) is 4. The number of aryl methyl sites for hydroxylation is 1. The molecule has 31 heavy (non-hydrogen) atoms. The average molecular weight is 458 g/mol. The van der Waals surface area contributed by atoms with E-state index in [4.69, 9.17) is 25.2 Å². The fourth-order valence-corrected chi connectivity index (χ4v) is 3.25. The highest BCUT2D eigenvalue weighted by atomic mass is 32.1. The Balaban J connectivity index is 0.000000330. The summed E-state index contributed by atoms with van der Waals surface area (Å²) >= 11 is 1.72. The van der Waals surface area contributed by atoms with Gasteiger partial charge in [0.2, 0.25) is 0 Å². The van der Waals surface area contributed by atoms with Crippen LogP contribution in [0.1, 0.15) is 29.5 Å².